The van der Waals surface area contributed by atoms with Crippen LogP contribution in [0.4, 0.5) is 0 Å². The van der Waals surface area contributed by atoms with Crippen LogP contribution in [0.5, 0.6) is 0 Å². The average Bonchev–Trinajstić information content (AvgIpc) is 2.58. The third kappa shape index (κ3) is 2.09. The topological polar surface area (TPSA) is 3.24 Å². The van der Waals surface area contributed by atoms with Crippen molar-refractivity contribution < 1.29 is 0 Å². The predicted octanol–water partition coefficient (Wildman–Crippen LogP) is 2.00. The van der Waals surface area contributed by atoms with E-state index in [-0.39, 0.29) is 0 Å². The van der Waals surface area contributed by atoms with Gasteiger partial charge in [-0.1, -0.05) is 0 Å². The van der Waals surface area contributed by atoms with Gasteiger partial charge in [-0.3, -0.25) is 0 Å². The number of rotatable bonds is 3. The van der Waals surface area contributed by atoms with Gasteiger partial charge in [-0.05, 0) is 0 Å². The zero-order valence-corrected chi connectivity index (χ0v) is 10.4. The van der Waals surface area contributed by atoms with Crippen LogP contribution in [0.1, 0.15) is 5.56 Å². The van der Waals surface area contributed by atoms with Gasteiger partial charge in [0.15, 0.2) is 0 Å². The maximum absolute atomic E-state index is 2.43. The first-order valence-corrected chi connectivity index (χ1v) is 6.72. The minimum absolute atomic E-state index is 0.582. The molecule has 0 aliphatic heterocycles. The van der Waals surface area contributed by atoms with Crippen LogP contribution >= 0.6 is 0 Å². The fraction of sp³-hybridized carbons (Fsp3) is 0.333. The second-order valence-electron chi connectivity index (χ2n) is 3.81. The van der Waals surface area contributed by atoms with Crippen LogP contribution < -0.4 is 0 Å². The molecule has 0 saturated heterocycles. The standard InChI is InChI=1S/C12H15NSe/c1-13(2)8-7-10-9-14-12-6-4-3-5-11(10)12/h3-6,9H,7-8H2,1-2H3. The molecule has 2 rings (SSSR count). The van der Waals surface area contributed by atoms with Crippen LogP contribution in [0.15, 0.2) is 29.2 Å². The molecule has 0 spiro atoms. The Morgan fingerprint density at radius 3 is 2.79 bits per heavy atom. The number of likely N-dealkylation sites (N-methyl/N-ethyl adjacent to an activating group) is 1. The molecule has 0 saturated carbocycles. The third-order valence-corrected chi connectivity index (χ3v) is 4.51. The quantitative estimate of drug-likeness (QED) is 0.755. The first-order chi connectivity index (χ1) is 6.77. The van der Waals surface area contributed by atoms with Crippen molar-refractivity contribution in [2.24, 2.45) is 0 Å². The van der Waals surface area contributed by atoms with Crippen molar-refractivity contribution in [3.8, 4) is 0 Å². The molecule has 14 heavy (non-hydrogen) atoms. The average molecular weight is 252 g/mol. The maximum atomic E-state index is 2.43. The van der Waals surface area contributed by atoms with Crippen LogP contribution in [-0.2, 0) is 6.42 Å². The van der Waals surface area contributed by atoms with E-state index in [1.165, 1.54) is 11.8 Å². The molecule has 0 atom stereocenters. The first kappa shape index (κ1) is 9.97. The number of benzene rings is 1. The van der Waals surface area contributed by atoms with Gasteiger partial charge in [-0.15, -0.1) is 0 Å². The molecule has 0 aliphatic rings. The summed E-state index contributed by atoms with van der Waals surface area (Å²) in [7, 11) is 4.26. The molecule has 1 heterocycles. The van der Waals surface area contributed by atoms with Crippen molar-refractivity contribution >= 4 is 24.1 Å². The Hall–Kier alpha value is -0.561. The summed E-state index contributed by atoms with van der Waals surface area (Å²) in [6.07, 6.45) is 1.19. The summed E-state index contributed by atoms with van der Waals surface area (Å²) in [4.78, 5) is 4.68. The Kier molecular flexibility index (Phi) is 3.07. The van der Waals surface area contributed by atoms with Crippen molar-refractivity contribution in [1.29, 1.82) is 0 Å². The molecular formula is C12H15NSe. The number of hydrogen-bond acceptors (Lipinski definition) is 1. The van der Waals surface area contributed by atoms with Gasteiger partial charge in [-0.25, -0.2) is 0 Å². The van der Waals surface area contributed by atoms with Crippen molar-refractivity contribution in [2.75, 3.05) is 20.6 Å². The molecule has 0 aliphatic carbocycles. The fourth-order valence-electron chi connectivity index (χ4n) is 1.57. The molecule has 0 fully saturated rings. The molecule has 0 N–H and O–H groups in total. The summed E-state index contributed by atoms with van der Waals surface area (Å²) < 4.78 is 1.55. The van der Waals surface area contributed by atoms with E-state index in [2.05, 4.69) is 48.2 Å². The van der Waals surface area contributed by atoms with E-state index in [0.29, 0.717) is 14.5 Å². The molecule has 1 aromatic carbocycles. The second-order valence-corrected chi connectivity index (χ2v) is 5.72. The summed E-state index contributed by atoms with van der Waals surface area (Å²) in [6.45, 7) is 1.15. The Balaban J connectivity index is 2.25. The molecule has 74 valence electrons. The summed E-state index contributed by atoms with van der Waals surface area (Å²) in [6, 6.07) is 8.80. The van der Waals surface area contributed by atoms with Gasteiger partial charge in [0.05, 0.1) is 0 Å². The van der Waals surface area contributed by atoms with E-state index < -0.39 is 0 Å². The van der Waals surface area contributed by atoms with E-state index in [1.807, 2.05) is 0 Å². The van der Waals surface area contributed by atoms with Gasteiger partial charge in [0.1, 0.15) is 0 Å². The van der Waals surface area contributed by atoms with Gasteiger partial charge < -0.3 is 0 Å². The van der Waals surface area contributed by atoms with Crippen molar-refractivity contribution in [2.45, 2.75) is 6.42 Å². The molecule has 1 aromatic heterocycles. The number of nitrogens with zero attached hydrogens (tertiary/aromatic N) is 1. The van der Waals surface area contributed by atoms with Gasteiger partial charge in [-0.2, -0.15) is 0 Å². The first-order valence-electron chi connectivity index (χ1n) is 4.87. The molecular weight excluding hydrogens is 237 g/mol. The minimum atomic E-state index is 0.582. The number of hydrogen-bond donors (Lipinski definition) is 0. The fourth-order valence-corrected chi connectivity index (χ4v) is 3.66. The Labute approximate surface area is 91.1 Å². The molecule has 0 unspecified atom stereocenters. The van der Waals surface area contributed by atoms with Crippen LogP contribution in [0.2, 0.25) is 0 Å². The Morgan fingerprint density at radius 2 is 2.00 bits per heavy atom. The van der Waals surface area contributed by atoms with Crippen LogP contribution in [0.25, 0.3) is 9.65 Å². The second kappa shape index (κ2) is 4.31. The Bertz CT molecular complexity index is 417. The van der Waals surface area contributed by atoms with Crippen LogP contribution in [0.3, 0.4) is 0 Å². The summed E-state index contributed by atoms with van der Waals surface area (Å²) >= 11 is 0.582. The normalized spacial score (nSPS) is 11.4. The van der Waals surface area contributed by atoms with Crippen molar-refractivity contribution in [3.63, 3.8) is 0 Å². The summed E-state index contributed by atoms with van der Waals surface area (Å²) in [5.41, 5.74) is 1.55. The summed E-state index contributed by atoms with van der Waals surface area (Å²) in [5.74, 6) is 0. The molecule has 1 nitrogen and oxygen atoms in total. The molecule has 0 radical (unpaired) electrons. The summed E-state index contributed by atoms with van der Waals surface area (Å²) in [5, 5.41) is 1.49. The third-order valence-electron chi connectivity index (χ3n) is 2.39. The van der Waals surface area contributed by atoms with Crippen molar-refractivity contribution in [1.82, 2.24) is 4.90 Å². The van der Waals surface area contributed by atoms with E-state index in [4.69, 9.17) is 0 Å². The monoisotopic (exact) mass is 253 g/mol. The van der Waals surface area contributed by atoms with Gasteiger partial charge >= 0.3 is 90.9 Å². The zero-order valence-electron chi connectivity index (χ0n) is 8.66. The van der Waals surface area contributed by atoms with E-state index >= 15 is 0 Å². The number of fused-ring (bicyclic) bond motifs is 1. The van der Waals surface area contributed by atoms with Gasteiger partial charge in [0, 0.05) is 0 Å². The van der Waals surface area contributed by atoms with Gasteiger partial charge in [0.2, 0.25) is 0 Å². The van der Waals surface area contributed by atoms with Crippen LogP contribution in [0, 0.1) is 0 Å². The van der Waals surface area contributed by atoms with Crippen molar-refractivity contribution in [3.05, 3.63) is 34.8 Å². The van der Waals surface area contributed by atoms with Gasteiger partial charge in [0.25, 0.3) is 0 Å². The molecule has 2 heteroatoms. The molecule has 0 bridgehead atoms. The van der Waals surface area contributed by atoms with E-state index in [9.17, 15) is 0 Å². The Morgan fingerprint density at radius 1 is 1.21 bits per heavy atom. The van der Waals surface area contributed by atoms with Crippen LogP contribution in [-0.4, -0.2) is 40.0 Å². The van der Waals surface area contributed by atoms with E-state index in [0.717, 1.165) is 6.54 Å². The molecule has 0 amide bonds. The SMILES string of the molecule is CN(C)CCc1c[se]c2ccccc12. The molecule has 2 aromatic rings. The predicted molar refractivity (Wildman–Crippen MR) is 63.1 cm³/mol. The zero-order chi connectivity index (χ0) is 9.97. The van der Waals surface area contributed by atoms with E-state index in [1.54, 1.807) is 9.82 Å².